The molecule has 1 aliphatic heterocycles. The standard InChI is InChI=1S/C19H21ClN2O7/c1-25-5-7-27-18(23)13(10-21)15-12-9-11(20)3-4-14(12)29-17(22)16(15)19(24)28-8-6-26-2/h3-4,9,13,15H,5-8,22H2,1-2H3. The maximum atomic E-state index is 12.7. The zero-order chi connectivity index (χ0) is 21.4. The van der Waals surface area contributed by atoms with Crippen LogP contribution >= 0.6 is 11.6 Å². The lowest BCUT2D eigenvalue weighted by Gasteiger charge is -2.30. The van der Waals surface area contributed by atoms with Crippen LogP contribution in [0.4, 0.5) is 0 Å². The molecule has 0 aliphatic carbocycles. The molecule has 0 spiro atoms. The maximum Gasteiger partial charge on any atom is 0.340 e. The van der Waals surface area contributed by atoms with Crippen LogP contribution in [0.3, 0.4) is 0 Å². The Morgan fingerprint density at radius 1 is 1.21 bits per heavy atom. The van der Waals surface area contributed by atoms with Crippen LogP contribution in [-0.2, 0) is 28.5 Å². The van der Waals surface area contributed by atoms with Crippen molar-refractivity contribution in [2.24, 2.45) is 11.7 Å². The van der Waals surface area contributed by atoms with Crippen LogP contribution in [0.2, 0.25) is 5.02 Å². The minimum Gasteiger partial charge on any atom is -0.462 e. The molecule has 29 heavy (non-hydrogen) atoms. The second-order valence-corrected chi connectivity index (χ2v) is 6.37. The number of esters is 2. The zero-order valence-electron chi connectivity index (χ0n) is 16.0. The van der Waals surface area contributed by atoms with Crippen molar-refractivity contribution in [2.75, 3.05) is 40.6 Å². The van der Waals surface area contributed by atoms with E-state index in [2.05, 4.69) is 0 Å². The molecular formula is C19H21ClN2O7. The number of hydrogen-bond acceptors (Lipinski definition) is 9. The fraction of sp³-hybridized carbons (Fsp3) is 0.421. The van der Waals surface area contributed by atoms with E-state index in [1.54, 1.807) is 6.07 Å². The van der Waals surface area contributed by atoms with Crippen LogP contribution in [0.15, 0.2) is 29.7 Å². The van der Waals surface area contributed by atoms with Gasteiger partial charge in [0.25, 0.3) is 0 Å². The van der Waals surface area contributed by atoms with Crippen LogP contribution in [0.25, 0.3) is 0 Å². The molecule has 0 saturated heterocycles. The number of halogens is 1. The summed E-state index contributed by atoms with van der Waals surface area (Å²) in [5.74, 6) is -4.14. The van der Waals surface area contributed by atoms with Gasteiger partial charge in [0.05, 0.1) is 25.2 Å². The molecule has 1 heterocycles. The van der Waals surface area contributed by atoms with Gasteiger partial charge in [0.2, 0.25) is 5.88 Å². The number of hydrogen-bond donors (Lipinski definition) is 1. The second-order valence-electron chi connectivity index (χ2n) is 5.94. The Balaban J connectivity index is 2.45. The van der Waals surface area contributed by atoms with E-state index in [0.29, 0.717) is 10.6 Å². The number of carbonyl (C=O) groups excluding carboxylic acids is 2. The van der Waals surface area contributed by atoms with Gasteiger partial charge in [0.15, 0.2) is 5.92 Å². The number of nitrogens with zero attached hydrogens (tertiary/aromatic N) is 1. The van der Waals surface area contributed by atoms with Crippen molar-refractivity contribution >= 4 is 23.5 Å². The molecule has 0 amide bonds. The summed E-state index contributed by atoms with van der Waals surface area (Å²) < 4.78 is 25.5. The lowest BCUT2D eigenvalue weighted by molar-refractivity contribution is -0.148. The fourth-order valence-electron chi connectivity index (χ4n) is 2.79. The number of benzene rings is 1. The molecule has 2 atom stereocenters. The van der Waals surface area contributed by atoms with Gasteiger partial charge in [-0.15, -0.1) is 0 Å². The molecule has 1 aromatic carbocycles. The summed E-state index contributed by atoms with van der Waals surface area (Å²) in [5, 5.41) is 10.0. The average molecular weight is 425 g/mol. The second kappa shape index (κ2) is 10.7. The third-order valence-corrected chi connectivity index (χ3v) is 4.34. The minimum atomic E-state index is -1.39. The Hall–Kier alpha value is -2.80. The molecule has 10 heteroatoms. The van der Waals surface area contributed by atoms with Crippen molar-refractivity contribution < 1.29 is 33.3 Å². The van der Waals surface area contributed by atoms with E-state index in [1.807, 2.05) is 6.07 Å². The highest BCUT2D eigenvalue weighted by atomic mass is 35.5. The molecule has 0 saturated carbocycles. The van der Waals surface area contributed by atoms with E-state index >= 15 is 0 Å². The van der Waals surface area contributed by atoms with E-state index in [1.165, 1.54) is 26.4 Å². The molecule has 156 valence electrons. The first-order valence-electron chi connectivity index (χ1n) is 8.62. The Morgan fingerprint density at radius 3 is 2.48 bits per heavy atom. The summed E-state index contributed by atoms with van der Waals surface area (Å²) in [6.45, 7) is 0.222. The lowest BCUT2D eigenvalue weighted by Crippen LogP contribution is -2.34. The summed E-state index contributed by atoms with van der Waals surface area (Å²) in [6, 6.07) is 6.50. The molecule has 1 aliphatic rings. The van der Waals surface area contributed by atoms with Crippen molar-refractivity contribution in [1.82, 2.24) is 0 Å². The van der Waals surface area contributed by atoms with Gasteiger partial charge >= 0.3 is 11.9 Å². The smallest absolute Gasteiger partial charge is 0.340 e. The molecular weight excluding hydrogens is 404 g/mol. The highest BCUT2D eigenvalue weighted by molar-refractivity contribution is 6.30. The largest absolute Gasteiger partial charge is 0.462 e. The molecule has 0 fully saturated rings. The number of nitriles is 1. The summed E-state index contributed by atoms with van der Waals surface area (Å²) in [4.78, 5) is 25.3. The van der Waals surface area contributed by atoms with E-state index < -0.39 is 23.8 Å². The number of fused-ring (bicyclic) bond motifs is 1. The minimum absolute atomic E-state index is 0.0449. The zero-order valence-corrected chi connectivity index (χ0v) is 16.7. The summed E-state index contributed by atoms with van der Waals surface area (Å²) >= 11 is 6.09. The molecule has 0 radical (unpaired) electrons. The number of ether oxygens (including phenoxy) is 5. The Bertz CT molecular complexity index is 834. The van der Waals surface area contributed by atoms with Crippen LogP contribution in [0.5, 0.6) is 5.75 Å². The predicted octanol–water partition coefficient (Wildman–Crippen LogP) is 1.51. The monoisotopic (exact) mass is 424 g/mol. The third-order valence-electron chi connectivity index (χ3n) is 4.10. The topological polar surface area (TPSA) is 130 Å². The third kappa shape index (κ3) is 5.38. The van der Waals surface area contributed by atoms with Crippen LogP contribution < -0.4 is 10.5 Å². The fourth-order valence-corrected chi connectivity index (χ4v) is 2.97. The van der Waals surface area contributed by atoms with Crippen LogP contribution in [0.1, 0.15) is 11.5 Å². The van der Waals surface area contributed by atoms with Gasteiger partial charge in [-0.05, 0) is 18.2 Å². The van der Waals surface area contributed by atoms with Gasteiger partial charge in [0.1, 0.15) is 24.5 Å². The maximum absolute atomic E-state index is 12.7. The van der Waals surface area contributed by atoms with Crippen LogP contribution in [-0.4, -0.2) is 52.6 Å². The molecule has 2 unspecified atom stereocenters. The first-order chi connectivity index (χ1) is 13.9. The van der Waals surface area contributed by atoms with E-state index in [4.69, 9.17) is 41.0 Å². The van der Waals surface area contributed by atoms with E-state index in [9.17, 15) is 14.9 Å². The van der Waals surface area contributed by atoms with Crippen molar-refractivity contribution in [3.63, 3.8) is 0 Å². The van der Waals surface area contributed by atoms with E-state index in [0.717, 1.165) is 0 Å². The molecule has 0 aromatic heterocycles. The van der Waals surface area contributed by atoms with Gasteiger partial charge in [-0.2, -0.15) is 5.26 Å². The summed E-state index contributed by atoms with van der Waals surface area (Å²) in [7, 11) is 2.90. The van der Waals surface area contributed by atoms with Crippen molar-refractivity contribution in [2.45, 2.75) is 5.92 Å². The van der Waals surface area contributed by atoms with Gasteiger partial charge in [-0.3, -0.25) is 4.79 Å². The SMILES string of the molecule is COCCOC(=O)C1=C(N)Oc2ccc(Cl)cc2C1C(C#N)C(=O)OCCOC. The molecule has 0 bridgehead atoms. The summed E-state index contributed by atoms with van der Waals surface area (Å²) in [5.41, 5.74) is 6.14. The molecule has 2 N–H and O–H groups in total. The highest BCUT2D eigenvalue weighted by Crippen LogP contribution is 2.44. The molecule has 2 rings (SSSR count). The Kier molecular flexibility index (Phi) is 8.27. The number of nitrogens with two attached hydrogens (primary N) is 1. The van der Waals surface area contributed by atoms with Crippen molar-refractivity contribution in [3.8, 4) is 11.8 Å². The van der Waals surface area contributed by atoms with E-state index in [-0.39, 0.29) is 43.6 Å². The first-order valence-corrected chi connectivity index (χ1v) is 9.00. The number of methoxy groups -OCH3 is 2. The van der Waals surface area contributed by atoms with Gasteiger partial charge < -0.3 is 29.4 Å². The average Bonchev–Trinajstić information content (AvgIpc) is 2.69. The lowest BCUT2D eigenvalue weighted by atomic mass is 9.79. The molecule has 1 aromatic rings. The molecule has 9 nitrogen and oxygen atoms in total. The van der Waals surface area contributed by atoms with Crippen molar-refractivity contribution in [1.29, 1.82) is 5.26 Å². The van der Waals surface area contributed by atoms with Gasteiger partial charge in [-0.1, -0.05) is 11.6 Å². The van der Waals surface area contributed by atoms with Crippen molar-refractivity contribution in [3.05, 3.63) is 40.2 Å². The Morgan fingerprint density at radius 2 is 1.86 bits per heavy atom. The highest BCUT2D eigenvalue weighted by Gasteiger charge is 2.43. The van der Waals surface area contributed by atoms with Gasteiger partial charge in [0, 0.05) is 24.8 Å². The normalized spacial score (nSPS) is 16.3. The quantitative estimate of drug-likeness (QED) is 0.462. The number of carbonyl (C=O) groups is 2. The Labute approximate surface area is 172 Å². The summed E-state index contributed by atoms with van der Waals surface area (Å²) in [6.07, 6.45) is 0. The van der Waals surface area contributed by atoms with Crippen LogP contribution in [0, 0.1) is 17.2 Å². The predicted molar refractivity (Wildman–Crippen MR) is 101 cm³/mol. The van der Waals surface area contributed by atoms with Gasteiger partial charge in [-0.25, -0.2) is 4.79 Å². The first kappa shape index (κ1) is 22.5. The number of rotatable bonds is 9.